The van der Waals surface area contributed by atoms with Crippen molar-refractivity contribution in [1.29, 1.82) is 0 Å². The molecule has 172 valence electrons. The SMILES string of the molecule is O=P(O)(O)Oc1ccc(Cl)c(CNc2ncnc3c2ncn3[C@@H]2O[C@H](CO)[C@@H](O)[C@H]2O)c1. The number of halogens is 1. The number of ether oxygens (including phenoxy) is 1. The molecule has 6 N–H and O–H groups in total. The highest BCUT2D eigenvalue weighted by atomic mass is 35.5. The monoisotopic (exact) mass is 487 g/mol. The third-order valence-corrected chi connectivity index (χ3v) is 5.66. The van der Waals surface area contributed by atoms with Gasteiger partial charge in [0.2, 0.25) is 0 Å². The second-order valence-corrected chi connectivity index (χ2v) is 8.53. The van der Waals surface area contributed by atoms with Crippen molar-refractivity contribution >= 4 is 36.4 Å². The number of imidazole rings is 1. The number of rotatable bonds is 7. The van der Waals surface area contributed by atoms with Crippen LogP contribution in [-0.2, 0) is 15.8 Å². The highest BCUT2D eigenvalue weighted by Crippen LogP contribution is 2.38. The minimum Gasteiger partial charge on any atom is -0.404 e. The van der Waals surface area contributed by atoms with Crippen LogP contribution in [0.5, 0.6) is 5.75 Å². The number of hydrogen-bond acceptors (Lipinski definition) is 10. The van der Waals surface area contributed by atoms with Crippen molar-refractivity contribution in [3.05, 3.63) is 41.4 Å². The molecule has 4 atom stereocenters. The Labute approximate surface area is 185 Å². The molecular formula is C17H19ClN5O8P. The quantitative estimate of drug-likeness (QED) is 0.248. The molecule has 3 aromatic rings. The van der Waals surface area contributed by atoms with Gasteiger partial charge in [-0.1, -0.05) is 11.6 Å². The van der Waals surface area contributed by atoms with Gasteiger partial charge >= 0.3 is 7.82 Å². The van der Waals surface area contributed by atoms with Crippen LogP contribution < -0.4 is 9.84 Å². The van der Waals surface area contributed by atoms with Gasteiger partial charge in [0, 0.05) is 11.6 Å². The van der Waals surface area contributed by atoms with E-state index in [1.165, 1.54) is 35.4 Å². The molecule has 0 amide bonds. The number of phosphoric acid groups is 1. The van der Waals surface area contributed by atoms with Crippen LogP contribution in [0, 0.1) is 0 Å². The van der Waals surface area contributed by atoms with Crippen LogP contribution in [0.4, 0.5) is 5.82 Å². The van der Waals surface area contributed by atoms with Crippen LogP contribution in [0.2, 0.25) is 5.02 Å². The second-order valence-electron chi connectivity index (χ2n) is 6.96. The number of nitrogens with one attached hydrogen (secondary N) is 1. The molecule has 3 heterocycles. The van der Waals surface area contributed by atoms with Crippen LogP contribution in [0.3, 0.4) is 0 Å². The third-order valence-electron chi connectivity index (χ3n) is 4.84. The zero-order valence-corrected chi connectivity index (χ0v) is 17.8. The predicted octanol–water partition coefficient (Wildman–Crippen LogP) is 0.175. The summed E-state index contributed by atoms with van der Waals surface area (Å²) in [7, 11) is -4.72. The van der Waals surface area contributed by atoms with Gasteiger partial charge in [0.25, 0.3) is 0 Å². The average Bonchev–Trinajstić information content (AvgIpc) is 3.29. The van der Waals surface area contributed by atoms with E-state index in [1.54, 1.807) is 0 Å². The number of aliphatic hydroxyl groups excluding tert-OH is 3. The lowest BCUT2D eigenvalue weighted by molar-refractivity contribution is -0.0511. The van der Waals surface area contributed by atoms with Gasteiger partial charge < -0.3 is 29.9 Å². The van der Waals surface area contributed by atoms with Gasteiger partial charge in [-0.05, 0) is 23.8 Å². The average molecular weight is 488 g/mol. The van der Waals surface area contributed by atoms with Crippen LogP contribution in [0.15, 0.2) is 30.9 Å². The number of nitrogens with zero attached hydrogens (tertiary/aromatic N) is 4. The van der Waals surface area contributed by atoms with E-state index in [0.29, 0.717) is 27.6 Å². The molecule has 2 aromatic heterocycles. The number of aromatic nitrogens is 4. The first-order chi connectivity index (χ1) is 15.2. The molecule has 13 nitrogen and oxygen atoms in total. The molecule has 1 saturated heterocycles. The summed E-state index contributed by atoms with van der Waals surface area (Å²) in [6.07, 6.45) is -1.90. The predicted molar refractivity (Wildman–Crippen MR) is 110 cm³/mol. The van der Waals surface area contributed by atoms with Crippen molar-refractivity contribution in [3.8, 4) is 5.75 Å². The summed E-state index contributed by atoms with van der Waals surface area (Å²) < 4.78 is 22.6. The van der Waals surface area contributed by atoms with Crippen molar-refractivity contribution in [3.63, 3.8) is 0 Å². The molecule has 32 heavy (non-hydrogen) atoms. The Morgan fingerprint density at radius 1 is 1.22 bits per heavy atom. The maximum absolute atomic E-state index is 11.1. The molecule has 0 radical (unpaired) electrons. The van der Waals surface area contributed by atoms with Gasteiger partial charge in [-0.15, -0.1) is 0 Å². The zero-order valence-electron chi connectivity index (χ0n) is 16.2. The molecule has 15 heteroatoms. The summed E-state index contributed by atoms with van der Waals surface area (Å²) >= 11 is 6.17. The highest BCUT2D eigenvalue weighted by molar-refractivity contribution is 7.46. The van der Waals surface area contributed by atoms with E-state index >= 15 is 0 Å². The number of anilines is 1. The number of fused-ring (bicyclic) bond motifs is 1. The van der Waals surface area contributed by atoms with E-state index in [-0.39, 0.29) is 12.3 Å². The zero-order chi connectivity index (χ0) is 23.0. The van der Waals surface area contributed by atoms with Gasteiger partial charge in [0.1, 0.15) is 30.4 Å². The fourth-order valence-electron chi connectivity index (χ4n) is 3.34. The molecule has 1 aliphatic heterocycles. The first-order valence-corrected chi connectivity index (χ1v) is 11.2. The minimum atomic E-state index is -4.72. The molecule has 0 bridgehead atoms. The summed E-state index contributed by atoms with van der Waals surface area (Å²) in [5.41, 5.74) is 1.12. The maximum Gasteiger partial charge on any atom is 0.524 e. The largest absolute Gasteiger partial charge is 0.524 e. The minimum absolute atomic E-state index is 0.0546. The molecule has 1 fully saturated rings. The Balaban J connectivity index is 1.57. The highest BCUT2D eigenvalue weighted by Gasteiger charge is 2.44. The van der Waals surface area contributed by atoms with Crippen LogP contribution in [0.25, 0.3) is 11.2 Å². The molecule has 1 aromatic carbocycles. The van der Waals surface area contributed by atoms with Crippen LogP contribution in [-0.4, -0.2) is 69.5 Å². The number of benzene rings is 1. The fraction of sp³-hybridized carbons (Fsp3) is 0.353. The second kappa shape index (κ2) is 8.89. The summed E-state index contributed by atoms with van der Waals surface area (Å²) in [5, 5.41) is 32.9. The molecular weight excluding hydrogens is 469 g/mol. The lowest BCUT2D eigenvalue weighted by atomic mass is 10.1. The van der Waals surface area contributed by atoms with Crippen molar-refractivity contribution in [1.82, 2.24) is 19.5 Å². The summed E-state index contributed by atoms with van der Waals surface area (Å²) in [4.78, 5) is 30.5. The summed E-state index contributed by atoms with van der Waals surface area (Å²) in [5.74, 6) is 0.263. The first-order valence-electron chi connectivity index (χ1n) is 9.25. The summed E-state index contributed by atoms with van der Waals surface area (Å²) in [6.45, 7) is -0.348. The topological polar surface area (TPSA) is 192 Å². The van der Waals surface area contributed by atoms with Crippen LogP contribution >= 0.6 is 19.4 Å². The molecule has 4 rings (SSSR count). The normalized spacial score (nSPS) is 23.6. The van der Waals surface area contributed by atoms with E-state index < -0.39 is 39.0 Å². The summed E-state index contributed by atoms with van der Waals surface area (Å²) in [6, 6.07) is 4.15. The van der Waals surface area contributed by atoms with Crippen LogP contribution in [0.1, 0.15) is 11.8 Å². The Bertz CT molecular complexity index is 1170. The molecule has 0 aliphatic carbocycles. The number of phosphoric ester groups is 1. The Morgan fingerprint density at radius 3 is 2.69 bits per heavy atom. The van der Waals surface area contributed by atoms with Gasteiger partial charge in [-0.2, -0.15) is 0 Å². The third kappa shape index (κ3) is 4.56. The fourth-order valence-corrected chi connectivity index (χ4v) is 3.91. The Morgan fingerprint density at radius 2 is 2.00 bits per heavy atom. The molecule has 1 aliphatic rings. The van der Waals surface area contributed by atoms with Gasteiger partial charge in [0.05, 0.1) is 12.9 Å². The lowest BCUT2D eigenvalue weighted by Gasteiger charge is -2.16. The van der Waals surface area contributed by atoms with Crippen molar-refractivity contribution in [2.45, 2.75) is 31.1 Å². The van der Waals surface area contributed by atoms with Crippen molar-refractivity contribution in [2.75, 3.05) is 11.9 Å². The van der Waals surface area contributed by atoms with E-state index in [0.717, 1.165) is 0 Å². The first kappa shape index (κ1) is 22.8. The van der Waals surface area contributed by atoms with E-state index in [9.17, 15) is 19.9 Å². The van der Waals surface area contributed by atoms with E-state index in [1.807, 2.05) is 0 Å². The molecule has 0 unspecified atom stereocenters. The van der Waals surface area contributed by atoms with Crippen molar-refractivity contribution < 1.29 is 38.9 Å². The van der Waals surface area contributed by atoms with Gasteiger partial charge in [-0.25, -0.2) is 19.5 Å². The Hall–Kier alpha value is -2.35. The van der Waals surface area contributed by atoms with E-state index in [4.69, 9.17) is 26.1 Å². The van der Waals surface area contributed by atoms with Gasteiger partial charge in [0.15, 0.2) is 23.2 Å². The van der Waals surface area contributed by atoms with Gasteiger partial charge in [-0.3, -0.25) is 14.4 Å². The molecule has 0 spiro atoms. The number of hydrogen-bond donors (Lipinski definition) is 6. The Kier molecular flexibility index (Phi) is 6.34. The smallest absolute Gasteiger partial charge is 0.404 e. The molecule has 0 saturated carbocycles. The lowest BCUT2D eigenvalue weighted by Crippen LogP contribution is -2.33. The standard InChI is InChI=1S/C17H19ClN5O8P/c18-10-2-1-9(31-32(27,28)29)3-8(10)4-19-15-12-16(21-6-20-15)23(7-22-12)17-14(26)13(25)11(5-24)30-17/h1-3,6-7,11,13-14,17,24-26H,4-5H2,(H,19,20,21)(H2,27,28,29)/t11-,13-,14-,17-/m1/s1. The maximum atomic E-state index is 11.1. The number of aliphatic hydroxyl groups is 3. The van der Waals surface area contributed by atoms with E-state index in [2.05, 4.69) is 24.8 Å². The van der Waals surface area contributed by atoms with Crippen molar-refractivity contribution in [2.24, 2.45) is 0 Å².